The van der Waals surface area contributed by atoms with Crippen LogP contribution in [0.25, 0.3) is 0 Å². The van der Waals surface area contributed by atoms with Gasteiger partial charge in [-0.2, -0.15) is 0 Å². The minimum absolute atomic E-state index is 0.347. The third-order valence-electron chi connectivity index (χ3n) is 2.65. The van der Waals surface area contributed by atoms with Crippen LogP contribution in [0.4, 0.5) is 0 Å². The first-order valence-corrected chi connectivity index (χ1v) is 5.18. The summed E-state index contributed by atoms with van der Waals surface area (Å²) in [7, 11) is 0. The molecule has 0 unspecified atom stereocenters. The van der Waals surface area contributed by atoms with E-state index in [0.717, 1.165) is 22.6 Å². The Hall–Kier alpha value is -1.22. The Balaban J connectivity index is 2.53. The summed E-state index contributed by atoms with van der Waals surface area (Å²) in [5, 5.41) is 0. The molecule has 1 aromatic rings. The standard InChI is InChI=1S/C12H17NO2/c1-8-9(12(2,3)13)4-5-10-11(8)15-7-6-14-10/h4-5H,6-7,13H2,1-3H3. The molecule has 0 atom stereocenters. The summed E-state index contributed by atoms with van der Waals surface area (Å²) in [4.78, 5) is 0. The Morgan fingerprint density at radius 2 is 1.87 bits per heavy atom. The highest BCUT2D eigenvalue weighted by atomic mass is 16.6. The molecule has 0 radical (unpaired) electrons. The Bertz CT molecular complexity index is 380. The zero-order chi connectivity index (χ0) is 11.1. The second kappa shape index (κ2) is 3.42. The van der Waals surface area contributed by atoms with Gasteiger partial charge in [-0.1, -0.05) is 6.07 Å². The van der Waals surface area contributed by atoms with Crippen molar-refractivity contribution >= 4 is 0 Å². The molecule has 2 rings (SSSR count). The monoisotopic (exact) mass is 207 g/mol. The predicted octanol–water partition coefficient (Wildman–Crippen LogP) is 1.96. The van der Waals surface area contributed by atoms with Crippen molar-refractivity contribution in [1.82, 2.24) is 0 Å². The molecular formula is C12H17NO2. The summed E-state index contributed by atoms with van der Waals surface area (Å²) in [6.45, 7) is 7.24. The largest absolute Gasteiger partial charge is 0.486 e. The summed E-state index contributed by atoms with van der Waals surface area (Å²) < 4.78 is 11.1. The summed E-state index contributed by atoms with van der Waals surface area (Å²) in [6, 6.07) is 3.95. The van der Waals surface area contributed by atoms with Gasteiger partial charge in [-0.15, -0.1) is 0 Å². The maximum atomic E-state index is 6.09. The van der Waals surface area contributed by atoms with Gasteiger partial charge in [0.25, 0.3) is 0 Å². The minimum atomic E-state index is -0.347. The van der Waals surface area contributed by atoms with E-state index >= 15 is 0 Å². The Morgan fingerprint density at radius 1 is 1.20 bits per heavy atom. The van der Waals surface area contributed by atoms with E-state index in [-0.39, 0.29) is 5.54 Å². The van der Waals surface area contributed by atoms with E-state index in [0.29, 0.717) is 13.2 Å². The normalized spacial score (nSPS) is 15.2. The van der Waals surface area contributed by atoms with Crippen molar-refractivity contribution in [2.24, 2.45) is 5.73 Å². The maximum absolute atomic E-state index is 6.09. The summed E-state index contributed by atoms with van der Waals surface area (Å²) in [5.74, 6) is 1.67. The first kappa shape index (κ1) is 10.3. The second-order valence-corrected chi connectivity index (χ2v) is 4.48. The molecule has 0 saturated carbocycles. The van der Waals surface area contributed by atoms with E-state index in [9.17, 15) is 0 Å². The third kappa shape index (κ3) is 1.79. The average Bonchev–Trinajstić information content (AvgIpc) is 2.16. The predicted molar refractivity (Wildman–Crippen MR) is 59.4 cm³/mol. The van der Waals surface area contributed by atoms with E-state index in [1.54, 1.807) is 0 Å². The number of ether oxygens (including phenoxy) is 2. The van der Waals surface area contributed by atoms with Gasteiger partial charge in [0.2, 0.25) is 0 Å². The summed E-state index contributed by atoms with van der Waals surface area (Å²) >= 11 is 0. The average molecular weight is 207 g/mol. The molecular weight excluding hydrogens is 190 g/mol. The molecule has 0 fully saturated rings. The fourth-order valence-electron chi connectivity index (χ4n) is 1.95. The van der Waals surface area contributed by atoms with Crippen LogP contribution in [0.5, 0.6) is 11.5 Å². The van der Waals surface area contributed by atoms with Gasteiger partial charge >= 0.3 is 0 Å². The molecule has 1 aliphatic rings. The lowest BCUT2D eigenvalue weighted by Crippen LogP contribution is -2.30. The van der Waals surface area contributed by atoms with Crippen molar-refractivity contribution < 1.29 is 9.47 Å². The lowest BCUT2D eigenvalue weighted by molar-refractivity contribution is 0.170. The molecule has 82 valence electrons. The van der Waals surface area contributed by atoms with Crippen LogP contribution in [-0.2, 0) is 5.54 Å². The van der Waals surface area contributed by atoms with Crippen LogP contribution in [0, 0.1) is 6.92 Å². The number of nitrogens with two attached hydrogens (primary N) is 1. The number of hydrogen-bond acceptors (Lipinski definition) is 3. The zero-order valence-electron chi connectivity index (χ0n) is 9.46. The highest BCUT2D eigenvalue weighted by Gasteiger charge is 2.23. The number of rotatable bonds is 1. The Labute approximate surface area is 90.2 Å². The molecule has 1 aliphatic heterocycles. The number of fused-ring (bicyclic) bond motifs is 1. The smallest absolute Gasteiger partial charge is 0.164 e. The quantitative estimate of drug-likeness (QED) is 0.765. The van der Waals surface area contributed by atoms with Crippen molar-refractivity contribution in [3.63, 3.8) is 0 Å². The van der Waals surface area contributed by atoms with Gasteiger partial charge in [0.15, 0.2) is 11.5 Å². The summed E-state index contributed by atoms with van der Waals surface area (Å²) in [6.07, 6.45) is 0. The fraction of sp³-hybridized carbons (Fsp3) is 0.500. The van der Waals surface area contributed by atoms with Gasteiger partial charge in [0.1, 0.15) is 13.2 Å². The van der Waals surface area contributed by atoms with Gasteiger partial charge in [0, 0.05) is 5.54 Å². The topological polar surface area (TPSA) is 44.5 Å². The lowest BCUT2D eigenvalue weighted by atomic mass is 9.91. The molecule has 15 heavy (non-hydrogen) atoms. The second-order valence-electron chi connectivity index (χ2n) is 4.48. The maximum Gasteiger partial charge on any atom is 0.164 e. The molecule has 0 aliphatic carbocycles. The van der Waals surface area contributed by atoms with Gasteiger partial charge in [-0.3, -0.25) is 0 Å². The molecule has 0 spiro atoms. The van der Waals surface area contributed by atoms with Crippen molar-refractivity contribution in [3.8, 4) is 11.5 Å². The molecule has 0 aromatic heterocycles. The first-order chi connectivity index (χ1) is 7.00. The minimum Gasteiger partial charge on any atom is -0.486 e. The van der Waals surface area contributed by atoms with Crippen LogP contribution in [0.3, 0.4) is 0 Å². The van der Waals surface area contributed by atoms with Gasteiger partial charge < -0.3 is 15.2 Å². The molecule has 1 heterocycles. The van der Waals surface area contributed by atoms with Crippen molar-refractivity contribution in [3.05, 3.63) is 23.3 Å². The van der Waals surface area contributed by atoms with Crippen LogP contribution in [0.1, 0.15) is 25.0 Å². The molecule has 0 amide bonds. The number of hydrogen-bond donors (Lipinski definition) is 1. The SMILES string of the molecule is Cc1c(C(C)(C)N)ccc2c1OCCO2. The van der Waals surface area contributed by atoms with Crippen molar-refractivity contribution in [1.29, 1.82) is 0 Å². The van der Waals surface area contributed by atoms with Crippen LogP contribution < -0.4 is 15.2 Å². The highest BCUT2D eigenvalue weighted by Crippen LogP contribution is 2.37. The van der Waals surface area contributed by atoms with Crippen molar-refractivity contribution in [2.45, 2.75) is 26.3 Å². The zero-order valence-corrected chi connectivity index (χ0v) is 9.46. The van der Waals surface area contributed by atoms with E-state index in [1.807, 2.05) is 32.9 Å². The Kier molecular flexibility index (Phi) is 2.35. The van der Waals surface area contributed by atoms with Crippen LogP contribution in [-0.4, -0.2) is 13.2 Å². The molecule has 1 aromatic carbocycles. The highest BCUT2D eigenvalue weighted by molar-refractivity contribution is 5.52. The molecule has 3 nitrogen and oxygen atoms in total. The van der Waals surface area contributed by atoms with E-state index in [4.69, 9.17) is 15.2 Å². The third-order valence-corrected chi connectivity index (χ3v) is 2.65. The molecule has 2 N–H and O–H groups in total. The van der Waals surface area contributed by atoms with Gasteiger partial charge in [-0.05, 0) is 38.0 Å². The molecule has 0 saturated heterocycles. The van der Waals surface area contributed by atoms with Crippen LogP contribution >= 0.6 is 0 Å². The number of benzene rings is 1. The van der Waals surface area contributed by atoms with Crippen LogP contribution in [0.15, 0.2) is 12.1 Å². The lowest BCUT2D eigenvalue weighted by Gasteiger charge is -2.26. The summed E-state index contributed by atoms with van der Waals surface area (Å²) in [5.41, 5.74) is 7.93. The van der Waals surface area contributed by atoms with E-state index < -0.39 is 0 Å². The van der Waals surface area contributed by atoms with Crippen molar-refractivity contribution in [2.75, 3.05) is 13.2 Å². The first-order valence-electron chi connectivity index (χ1n) is 5.18. The van der Waals surface area contributed by atoms with Gasteiger partial charge in [-0.25, -0.2) is 0 Å². The van der Waals surface area contributed by atoms with E-state index in [2.05, 4.69) is 0 Å². The molecule has 3 heteroatoms. The van der Waals surface area contributed by atoms with E-state index in [1.165, 1.54) is 0 Å². The van der Waals surface area contributed by atoms with Crippen LogP contribution in [0.2, 0.25) is 0 Å². The Morgan fingerprint density at radius 3 is 2.53 bits per heavy atom. The van der Waals surface area contributed by atoms with Gasteiger partial charge in [0.05, 0.1) is 0 Å². The fourth-order valence-corrected chi connectivity index (χ4v) is 1.95. The molecule has 0 bridgehead atoms.